The molecule has 3 heterocycles. The van der Waals surface area contributed by atoms with Crippen LogP contribution in [-0.4, -0.2) is 95.8 Å². The van der Waals surface area contributed by atoms with Gasteiger partial charge in [0, 0.05) is 18.2 Å². The maximum absolute atomic E-state index is 12.2. The molecule has 0 aliphatic carbocycles. The Kier molecular flexibility index (Phi) is 9.08. The van der Waals surface area contributed by atoms with Crippen molar-refractivity contribution >= 4 is 15.6 Å². The zero-order chi connectivity index (χ0) is 27.0. The van der Waals surface area contributed by atoms with Gasteiger partial charge >= 0.3 is 21.3 Å². The van der Waals surface area contributed by atoms with Crippen molar-refractivity contribution < 1.29 is 62.2 Å². The number of phosphoric ester groups is 2. The van der Waals surface area contributed by atoms with Gasteiger partial charge in [0.25, 0.3) is 5.56 Å². The number of nitrogens with two attached hydrogens (primary N) is 1. The van der Waals surface area contributed by atoms with Crippen molar-refractivity contribution in [2.24, 2.45) is 5.73 Å². The summed E-state index contributed by atoms with van der Waals surface area (Å²) in [5, 5.41) is 39.1. The zero-order valence-corrected chi connectivity index (χ0v) is 20.4. The second-order valence-electron chi connectivity index (χ2n) is 8.11. The number of aliphatic hydroxyl groups excluding tert-OH is 4. The molecule has 20 heteroatoms. The SMILES string of the molecule is Cc1cn([C@H]2C[C@H](O)[C@@H](COP(=O)(O)OP(=O)(O)O[C@H]3O[C@H](CO)[C@@H](O)[C@H](N)[C@H]3O)O2)c(=O)[nH]c1=O. The molecule has 0 amide bonds. The largest absolute Gasteiger partial charge is 0.483 e. The van der Waals surface area contributed by atoms with E-state index in [0.717, 1.165) is 4.57 Å². The van der Waals surface area contributed by atoms with Gasteiger partial charge < -0.3 is 45.4 Å². The van der Waals surface area contributed by atoms with Crippen LogP contribution in [-0.2, 0) is 32.0 Å². The van der Waals surface area contributed by atoms with Crippen LogP contribution in [0.3, 0.4) is 0 Å². The van der Waals surface area contributed by atoms with E-state index in [2.05, 4.69) is 18.3 Å². The second-order valence-corrected chi connectivity index (χ2v) is 11.1. The molecule has 18 nitrogen and oxygen atoms in total. The minimum atomic E-state index is -5.48. The maximum atomic E-state index is 12.2. The average Bonchev–Trinajstić information content (AvgIpc) is 3.14. The standard InChI is InChI=1S/C16H27N3O15P2/c1-6-3-19(16(25)18-14(6)24)10-2-7(21)9(31-10)5-30-35(26,27)34-36(28,29)33-15-13(23)11(17)12(22)8(4-20)32-15/h3,7-13,15,20-23H,2,4-5,17H2,1H3,(H,26,27)(H,28,29)(H,18,24,25)/t7-,8+,9+,10+,11-,12+,13+,15+/m0/s1. The molecule has 0 aromatic carbocycles. The van der Waals surface area contributed by atoms with E-state index in [1.54, 1.807) is 0 Å². The Balaban J connectivity index is 1.59. The summed E-state index contributed by atoms with van der Waals surface area (Å²) in [5.41, 5.74) is 4.30. The number of aromatic nitrogens is 2. The average molecular weight is 563 g/mol. The van der Waals surface area contributed by atoms with E-state index in [1.807, 2.05) is 0 Å². The van der Waals surface area contributed by atoms with Crippen LogP contribution in [0.25, 0.3) is 0 Å². The fourth-order valence-electron chi connectivity index (χ4n) is 3.51. The van der Waals surface area contributed by atoms with E-state index in [0.29, 0.717) is 0 Å². The number of aryl methyl sites for hydroxylation is 1. The van der Waals surface area contributed by atoms with Gasteiger partial charge in [-0.05, 0) is 6.92 Å². The number of H-pyrrole nitrogens is 1. The van der Waals surface area contributed by atoms with Crippen LogP contribution >= 0.6 is 15.6 Å². The van der Waals surface area contributed by atoms with Gasteiger partial charge in [-0.1, -0.05) is 0 Å². The Bertz CT molecular complexity index is 1140. The number of hydrogen-bond acceptors (Lipinski definition) is 14. The van der Waals surface area contributed by atoms with Gasteiger partial charge in [-0.25, -0.2) is 13.9 Å². The Morgan fingerprint density at radius 3 is 2.44 bits per heavy atom. The van der Waals surface area contributed by atoms with Crippen molar-refractivity contribution in [3.05, 3.63) is 32.6 Å². The number of ether oxygens (including phenoxy) is 2. The van der Waals surface area contributed by atoms with E-state index >= 15 is 0 Å². The van der Waals surface area contributed by atoms with Gasteiger partial charge in [0.05, 0.1) is 25.4 Å². The number of aliphatic hydroxyl groups is 4. The highest BCUT2D eigenvalue weighted by Gasteiger charge is 2.48. The minimum Gasteiger partial charge on any atom is -0.394 e. The normalized spacial score (nSPS) is 36.3. The number of rotatable bonds is 9. The molecule has 2 aliphatic heterocycles. The van der Waals surface area contributed by atoms with Gasteiger partial charge in [-0.3, -0.25) is 23.4 Å². The molecule has 2 unspecified atom stereocenters. The van der Waals surface area contributed by atoms with Gasteiger partial charge in [-0.15, -0.1) is 0 Å². The lowest BCUT2D eigenvalue weighted by Crippen LogP contribution is -2.62. The molecule has 2 aliphatic rings. The molecule has 10 atom stereocenters. The first-order valence-electron chi connectivity index (χ1n) is 10.4. The van der Waals surface area contributed by atoms with Crippen LogP contribution < -0.4 is 17.0 Å². The fourth-order valence-corrected chi connectivity index (χ4v) is 5.67. The number of nitrogens with one attached hydrogen (secondary N) is 1. The molecule has 206 valence electrons. The number of hydrogen-bond donors (Lipinski definition) is 8. The van der Waals surface area contributed by atoms with E-state index in [1.165, 1.54) is 13.1 Å². The van der Waals surface area contributed by atoms with E-state index in [9.17, 15) is 48.9 Å². The zero-order valence-electron chi connectivity index (χ0n) is 18.6. The predicted octanol–water partition coefficient (Wildman–Crippen LogP) is -3.49. The third-order valence-electron chi connectivity index (χ3n) is 5.44. The quantitative estimate of drug-likeness (QED) is 0.135. The first-order valence-corrected chi connectivity index (χ1v) is 13.4. The molecule has 2 saturated heterocycles. The smallest absolute Gasteiger partial charge is 0.394 e. The van der Waals surface area contributed by atoms with Crippen LogP contribution in [0.5, 0.6) is 0 Å². The summed E-state index contributed by atoms with van der Waals surface area (Å²) in [6.45, 7) is -0.198. The van der Waals surface area contributed by atoms with Crippen molar-refractivity contribution in [1.82, 2.24) is 9.55 Å². The first kappa shape index (κ1) is 29.2. The van der Waals surface area contributed by atoms with Gasteiger partial charge in [0.15, 0.2) is 6.29 Å². The van der Waals surface area contributed by atoms with Crippen LogP contribution in [0.1, 0.15) is 18.2 Å². The molecule has 0 spiro atoms. The van der Waals surface area contributed by atoms with E-state index in [4.69, 9.17) is 15.2 Å². The van der Waals surface area contributed by atoms with Crippen molar-refractivity contribution in [3.63, 3.8) is 0 Å². The highest BCUT2D eigenvalue weighted by atomic mass is 31.3. The third-order valence-corrected chi connectivity index (χ3v) is 8.04. The summed E-state index contributed by atoms with van der Waals surface area (Å²) in [6.07, 6.45) is -9.48. The Labute approximate surface area is 202 Å². The van der Waals surface area contributed by atoms with Crippen LogP contribution in [0, 0.1) is 6.92 Å². The van der Waals surface area contributed by atoms with Crippen molar-refractivity contribution in [3.8, 4) is 0 Å². The van der Waals surface area contributed by atoms with Crippen molar-refractivity contribution in [1.29, 1.82) is 0 Å². The lowest BCUT2D eigenvalue weighted by molar-refractivity contribution is -0.251. The number of phosphoric acid groups is 2. The van der Waals surface area contributed by atoms with Crippen LogP contribution in [0.15, 0.2) is 15.8 Å². The molecular weight excluding hydrogens is 536 g/mol. The van der Waals surface area contributed by atoms with Crippen molar-refractivity contribution in [2.75, 3.05) is 13.2 Å². The monoisotopic (exact) mass is 563 g/mol. The highest BCUT2D eigenvalue weighted by molar-refractivity contribution is 7.61. The summed E-state index contributed by atoms with van der Waals surface area (Å²) in [5.74, 6) is 0. The van der Waals surface area contributed by atoms with E-state index < -0.39 is 89.2 Å². The topological polar surface area (TPSA) is 283 Å². The Hall–Kier alpha value is -1.34. The molecule has 3 rings (SSSR count). The minimum absolute atomic E-state index is 0.160. The summed E-state index contributed by atoms with van der Waals surface area (Å²) < 4.78 is 49.1. The van der Waals surface area contributed by atoms with Gasteiger partial charge in [-0.2, -0.15) is 4.31 Å². The highest BCUT2D eigenvalue weighted by Crippen LogP contribution is 2.61. The summed E-state index contributed by atoms with van der Waals surface area (Å²) >= 11 is 0. The molecule has 1 aromatic rings. The molecule has 1 aromatic heterocycles. The van der Waals surface area contributed by atoms with Gasteiger partial charge in [0.2, 0.25) is 0 Å². The molecule has 2 fully saturated rings. The molecule has 0 bridgehead atoms. The summed E-state index contributed by atoms with van der Waals surface area (Å²) in [4.78, 5) is 45.3. The van der Waals surface area contributed by atoms with Crippen molar-refractivity contribution in [2.45, 2.75) is 62.4 Å². The molecule has 0 saturated carbocycles. The Morgan fingerprint density at radius 2 is 1.81 bits per heavy atom. The first-order chi connectivity index (χ1) is 16.6. The Morgan fingerprint density at radius 1 is 1.14 bits per heavy atom. The molecular formula is C16H27N3O15P2. The molecule has 36 heavy (non-hydrogen) atoms. The van der Waals surface area contributed by atoms with Crippen LogP contribution in [0.4, 0.5) is 0 Å². The lowest BCUT2D eigenvalue weighted by atomic mass is 9.97. The third kappa shape index (κ3) is 6.75. The molecule has 9 N–H and O–H groups in total. The fraction of sp³-hybridized carbons (Fsp3) is 0.750. The maximum Gasteiger partial charge on any atom is 0.483 e. The number of nitrogens with zero attached hydrogens (tertiary/aromatic N) is 1. The lowest BCUT2D eigenvalue weighted by Gasteiger charge is -2.40. The summed E-state index contributed by atoms with van der Waals surface area (Å²) in [6, 6.07) is -1.47. The molecule has 0 radical (unpaired) electrons. The second kappa shape index (κ2) is 11.2. The van der Waals surface area contributed by atoms with Gasteiger partial charge in [0.1, 0.15) is 30.6 Å². The summed E-state index contributed by atoms with van der Waals surface area (Å²) in [7, 11) is -10.8. The van der Waals surface area contributed by atoms with E-state index in [-0.39, 0.29) is 12.0 Å². The number of aromatic amines is 1. The van der Waals surface area contributed by atoms with Crippen LogP contribution in [0.2, 0.25) is 0 Å². The predicted molar refractivity (Wildman–Crippen MR) is 114 cm³/mol.